The van der Waals surface area contributed by atoms with Crippen molar-refractivity contribution in [2.24, 2.45) is 0 Å². The van der Waals surface area contributed by atoms with Crippen LogP contribution in [0.5, 0.6) is 0 Å². The second-order valence-electron chi connectivity index (χ2n) is 11.0. The highest BCUT2D eigenvalue weighted by Gasteiger charge is 2.22. The van der Waals surface area contributed by atoms with E-state index >= 15 is 0 Å². The first-order chi connectivity index (χ1) is 19.1. The van der Waals surface area contributed by atoms with Gasteiger partial charge in [-0.3, -0.25) is 0 Å². The van der Waals surface area contributed by atoms with Gasteiger partial charge in [-0.25, -0.2) is 9.97 Å². The minimum atomic E-state index is 0.313. The molecule has 0 saturated carbocycles. The molecule has 1 aliphatic rings. The van der Waals surface area contributed by atoms with Crippen LogP contribution in [0.2, 0.25) is 0 Å². The Morgan fingerprint density at radius 1 is 0.769 bits per heavy atom. The van der Waals surface area contributed by atoms with Crippen molar-refractivity contribution in [3.8, 4) is 22.4 Å². The van der Waals surface area contributed by atoms with Crippen LogP contribution in [-0.4, -0.2) is 30.1 Å². The fourth-order valence-corrected chi connectivity index (χ4v) is 6.29. The zero-order valence-corrected chi connectivity index (χ0v) is 22.3. The molecule has 0 radical (unpaired) electrons. The van der Waals surface area contributed by atoms with Gasteiger partial charge in [0.25, 0.3) is 0 Å². The summed E-state index contributed by atoms with van der Waals surface area (Å²) in [6, 6.07) is 18.1. The van der Waals surface area contributed by atoms with Crippen molar-refractivity contribution in [3.05, 3.63) is 83.8 Å². The Kier molecular flexibility index (Phi) is 4.72. The van der Waals surface area contributed by atoms with Crippen LogP contribution >= 0.6 is 0 Å². The van der Waals surface area contributed by atoms with E-state index in [1.807, 2.05) is 12.4 Å². The maximum atomic E-state index is 4.93. The number of nitrogens with zero attached hydrogens (tertiary/aromatic N) is 4. The van der Waals surface area contributed by atoms with Crippen molar-refractivity contribution in [3.63, 3.8) is 0 Å². The Bertz CT molecular complexity index is 2100. The summed E-state index contributed by atoms with van der Waals surface area (Å²) in [5.41, 5.74) is 9.51. The number of aromatic amines is 2. The third-order valence-electron chi connectivity index (χ3n) is 8.34. The molecule has 0 amide bonds. The van der Waals surface area contributed by atoms with Gasteiger partial charge < -0.3 is 9.97 Å². The molecule has 7 aromatic rings. The van der Waals surface area contributed by atoms with Gasteiger partial charge in [-0.15, -0.1) is 0 Å². The lowest BCUT2D eigenvalue weighted by Crippen LogP contribution is -2.04. The van der Waals surface area contributed by atoms with Crippen LogP contribution in [0.4, 0.5) is 0 Å². The molecule has 39 heavy (non-hydrogen) atoms. The smallest absolute Gasteiger partial charge is 0.109 e. The van der Waals surface area contributed by atoms with Crippen molar-refractivity contribution in [2.75, 3.05) is 0 Å². The van der Waals surface area contributed by atoms with Gasteiger partial charge >= 0.3 is 0 Å². The number of hydrogen-bond acceptors (Lipinski definition) is 4. The summed E-state index contributed by atoms with van der Waals surface area (Å²) >= 11 is 0. The van der Waals surface area contributed by atoms with E-state index in [1.165, 1.54) is 38.7 Å². The molecular formula is C33H28N6. The highest BCUT2D eigenvalue weighted by Crippen LogP contribution is 2.39. The average Bonchev–Trinajstić information content (AvgIpc) is 3.62. The molecule has 0 atom stereocenters. The van der Waals surface area contributed by atoms with Crippen molar-refractivity contribution in [2.45, 2.75) is 46.0 Å². The van der Waals surface area contributed by atoms with E-state index in [4.69, 9.17) is 9.97 Å². The van der Waals surface area contributed by atoms with Gasteiger partial charge in [-0.2, -0.15) is 10.2 Å². The SMILES string of the molecule is CCc1nc2c([nH]1)CCc1c-2ccc2cc(-c3ccc4c(c3)c3cnncc3c3nc(C(C)C)[nH]c43)ccc12. The minimum Gasteiger partial charge on any atom is -0.345 e. The van der Waals surface area contributed by atoms with Gasteiger partial charge in [-0.05, 0) is 57.8 Å². The molecule has 0 unspecified atom stereocenters. The summed E-state index contributed by atoms with van der Waals surface area (Å²) in [4.78, 5) is 16.9. The first-order valence-electron chi connectivity index (χ1n) is 13.8. The molecule has 3 heterocycles. The number of benzene rings is 4. The predicted octanol–water partition coefficient (Wildman–Crippen LogP) is 7.65. The lowest BCUT2D eigenvalue weighted by molar-refractivity contribution is 0.799. The van der Waals surface area contributed by atoms with Crippen LogP contribution in [0.25, 0.3) is 65.7 Å². The van der Waals surface area contributed by atoms with Crippen LogP contribution in [-0.2, 0) is 19.3 Å². The predicted molar refractivity (Wildman–Crippen MR) is 158 cm³/mol. The summed E-state index contributed by atoms with van der Waals surface area (Å²) in [5.74, 6) is 2.38. The van der Waals surface area contributed by atoms with Crippen LogP contribution in [0, 0.1) is 0 Å². The normalized spacial score (nSPS) is 13.1. The molecule has 2 N–H and O–H groups in total. The lowest BCUT2D eigenvalue weighted by Gasteiger charge is -2.18. The fourth-order valence-electron chi connectivity index (χ4n) is 6.29. The summed E-state index contributed by atoms with van der Waals surface area (Å²) in [6.45, 7) is 6.47. The molecule has 0 aliphatic heterocycles. The van der Waals surface area contributed by atoms with Crippen LogP contribution in [0.1, 0.15) is 49.6 Å². The average molecular weight is 509 g/mol. The van der Waals surface area contributed by atoms with Gasteiger partial charge in [0.1, 0.15) is 11.6 Å². The van der Waals surface area contributed by atoms with Crippen LogP contribution in [0.3, 0.4) is 0 Å². The van der Waals surface area contributed by atoms with Gasteiger partial charge in [0.05, 0.1) is 29.1 Å². The monoisotopic (exact) mass is 508 g/mol. The molecule has 190 valence electrons. The Labute approximate surface area is 225 Å². The number of aryl methyl sites for hydroxylation is 3. The van der Waals surface area contributed by atoms with Gasteiger partial charge in [0, 0.05) is 39.8 Å². The largest absolute Gasteiger partial charge is 0.345 e. The quantitative estimate of drug-likeness (QED) is 0.240. The van der Waals surface area contributed by atoms with Crippen molar-refractivity contribution < 1.29 is 0 Å². The van der Waals surface area contributed by atoms with Gasteiger partial charge in [0.2, 0.25) is 0 Å². The van der Waals surface area contributed by atoms with E-state index in [-0.39, 0.29) is 0 Å². The molecule has 4 aromatic carbocycles. The van der Waals surface area contributed by atoms with Crippen LogP contribution in [0.15, 0.2) is 60.9 Å². The first-order valence-corrected chi connectivity index (χ1v) is 13.8. The molecule has 8 rings (SSSR count). The van der Waals surface area contributed by atoms with E-state index < -0.39 is 0 Å². The summed E-state index contributed by atoms with van der Waals surface area (Å²) < 4.78 is 0. The standard InChI is InChI=1S/C33H28N6/c1-4-29-36-28-12-11-22-21-8-5-18(13-20(21)7-10-23(22)30(28)37-29)19-6-9-24-25(14-19)26-15-34-35-16-27(26)32-31(24)38-33(39-32)17(2)3/h5-10,13-17H,4,11-12H2,1-3H3,(H,36,37)(H,38,39). The topological polar surface area (TPSA) is 83.1 Å². The maximum absolute atomic E-state index is 4.93. The van der Waals surface area contributed by atoms with Crippen molar-refractivity contribution in [1.82, 2.24) is 30.1 Å². The number of H-pyrrole nitrogens is 2. The molecule has 1 aliphatic carbocycles. The molecule has 0 spiro atoms. The summed E-state index contributed by atoms with van der Waals surface area (Å²) in [6.07, 6.45) is 6.67. The van der Waals surface area contributed by atoms with Crippen LogP contribution < -0.4 is 0 Å². The van der Waals surface area contributed by atoms with E-state index in [9.17, 15) is 0 Å². The molecule has 0 bridgehead atoms. The number of fused-ring (bicyclic) bond motifs is 11. The molecule has 6 nitrogen and oxygen atoms in total. The Morgan fingerprint density at radius 3 is 2.38 bits per heavy atom. The number of imidazole rings is 2. The molecule has 0 saturated heterocycles. The highest BCUT2D eigenvalue weighted by atomic mass is 15.1. The van der Waals surface area contributed by atoms with E-state index in [1.54, 1.807) is 0 Å². The second-order valence-corrected chi connectivity index (χ2v) is 11.0. The number of rotatable bonds is 3. The summed E-state index contributed by atoms with van der Waals surface area (Å²) in [5, 5.41) is 15.4. The molecule has 3 aromatic heterocycles. The van der Waals surface area contributed by atoms with E-state index in [0.29, 0.717) is 5.92 Å². The zero-order chi connectivity index (χ0) is 26.2. The van der Waals surface area contributed by atoms with Crippen molar-refractivity contribution >= 4 is 43.4 Å². The van der Waals surface area contributed by atoms with E-state index in [2.05, 4.69) is 89.5 Å². The Balaban J connectivity index is 1.29. The molecular weight excluding hydrogens is 480 g/mol. The Morgan fingerprint density at radius 2 is 1.56 bits per heavy atom. The first kappa shape index (κ1) is 22.4. The van der Waals surface area contributed by atoms with Gasteiger partial charge in [-0.1, -0.05) is 57.2 Å². The summed E-state index contributed by atoms with van der Waals surface area (Å²) in [7, 11) is 0. The number of aromatic nitrogens is 6. The number of hydrogen-bond donors (Lipinski definition) is 2. The minimum absolute atomic E-state index is 0.313. The van der Waals surface area contributed by atoms with Gasteiger partial charge in [0.15, 0.2) is 0 Å². The zero-order valence-electron chi connectivity index (χ0n) is 22.3. The number of nitrogens with one attached hydrogen (secondary N) is 2. The highest BCUT2D eigenvalue weighted by molar-refractivity contribution is 6.23. The molecule has 0 fully saturated rings. The van der Waals surface area contributed by atoms with E-state index in [0.717, 1.165) is 69.2 Å². The molecule has 6 heteroatoms. The third-order valence-corrected chi connectivity index (χ3v) is 8.34. The lowest BCUT2D eigenvalue weighted by atomic mass is 9.87. The second kappa shape index (κ2) is 8.21. The Hall–Kier alpha value is -4.58. The van der Waals surface area contributed by atoms with Crippen molar-refractivity contribution in [1.29, 1.82) is 0 Å². The maximum Gasteiger partial charge on any atom is 0.109 e. The third kappa shape index (κ3) is 3.27. The fraction of sp³-hybridized carbons (Fsp3) is 0.212.